The second-order valence-electron chi connectivity index (χ2n) is 4.70. The van der Waals surface area contributed by atoms with Gasteiger partial charge in [-0.05, 0) is 36.8 Å². The Labute approximate surface area is 131 Å². The lowest BCUT2D eigenvalue weighted by Gasteiger charge is -2.11. The Balaban J connectivity index is 3.22. The summed E-state index contributed by atoms with van der Waals surface area (Å²) in [7, 11) is -14.7. The number of hydrogen-bond acceptors (Lipinski definition) is 6. The molecule has 0 amide bonds. The van der Waals surface area contributed by atoms with Gasteiger partial charge in [0.2, 0.25) is 0 Å². The van der Waals surface area contributed by atoms with Crippen LogP contribution in [-0.4, -0.2) is 38.9 Å². The van der Waals surface area contributed by atoms with Gasteiger partial charge in [-0.2, -0.15) is 25.3 Å². The zero-order chi connectivity index (χ0) is 17.8. The third kappa shape index (κ3) is 3.52. The van der Waals surface area contributed by atoms with Crippen molar-refractivity contribution in [2.24, 2.45) is 0 Å². The van der Waals surface area contributed by atoms with Gasteiger partial charge in [0.15, 0.2) is 0 Å². The van der Waals surface area contributed by atoms with E-state index in [9.17, 15) is 34.4 Å². The molecule has 126 valence electrons. The highest BCUT2D eigenvalue weighted by atomic mass is 32.2. The van der Waals surface area contributed by atoms with Gasteiger partial charge >= 0.3 is 0 Å². The van der Waals surface area contributed by atoms with Crippen LogP contribution in [0.5, 0.6) is 0 Å². The topological polar surface area (TPSA) is 163 Å². The van der Waals surface area contributed by atoms with Crippen molar-refractivity contribution in [2.75, 3.05) is 0 Å². The quantitative estimate of drug-likeness (QED) is 0.654. The molecule has 0 aromatic heterocycles. The molecule has 0 heterocycles. The fraction of sp³-hybridized carbons (Fsp3) is 0.0909. The Morgan fingerprint density at radius 3 is 1.52 bits per heavy atom. The Kier molecular flexibility index (Phi) is 4.04. The average molecular weight is 382 g/mol. The largest absolute Gasteiger partial charge is 0.295 e. The fourth-order valence-corrected chi connectivity index (χ4v) is 4.20. The smallest absolute Gasteiger partial charge is 0.282 e. The van der Waals surface area contributed by atoms with E-state index < -0.39 is 50.4 Å². The van der Waals surface area contributed by atoms with Crippen LogP contribution in [0.25, 0.3) is 10.8 Å². The van der Waals surface area contributed by atoms with E-state index in [1.54, 1.807) is 0 Å². The van der Waals surface area contributed by atoms with Crippen molar-refractivity contribution in [3.8, 4) is 0 Å². The summed E-state index contributed by atoms with van der Waals surface area (Å²) in [5.74, 6) is 0. The van der Waals surface area contributed by atoms with Gasteiger partial charge in [0, 0.05) is 10.8 Å². The van der Waals surface area contributed by atoms with Crippen LogP contribution < -0.4 is 0 Å². The van der Waals surface area contributed by atoms with Crippen LogP contribution in [0, 0.1) is 6.92 Å². The van der Waals surface area contributed by atoms with Gasteiger partial charge < -0.3 is 0 Å². The summed E-state index contributed by atoms with van der Waals surface area (Å²) in [5, 5.41) is -0.812. The first-order valence-corrected chi connectivity index (χ1v) is 10.0. The van der Waals surface area contributed by atoms with Crippen molar-refractivity contribution in [2.45, 2.75) is 21.6 Å². The van der Waals surface area contributed by atoms with E-state index in [0.29, 0.717) is 12.1 Å². The molecule has 0 fully saturated rings. The maximum Gasteiger partial charge on any atom is 0.295 e. The SMILES string of the molecule is Cc1cc(S(=O)(=O)O)c2cc(S(=O)(=O)O)cc(S(=O)(=O)O)c2c1. The lowest BCUT2D eigenvalue weighted by Crippen LogP contribution is -2.07. The normalized spacial score (nSPS) is 13.4. The monoisotopic (exact) mass is 382 g/mol. The Hall–Kier alpha value is -1.57. The first-order valence-electron chi connectivity index (χ1n) is 5.72. The summed E-state index contributed by atoms with van der Waals surface area (Å²) in [6.45, 7) is 1.40. The molecule has 0 saturated heterocycles. The minimum absolute atomic E-state index is 0.231. The summed E-state index contributed by atoms with van der Waals surface area (Å²) < 4.78 is 95.9. The number of hydrogen-bond donors (Lipinski definition) is 3. The molecular formula is C11H10O9S3. The summed E-state index contributed by atoms with van der Waals surface area (Å²) in [5.41, 5.74) is 0.231. The number of fused-ring (bicyclic) bond motifs is 1. The van der Waals surface area contributed by atoms with Crippen LogP contribution >= 0.6 is 0 Å². The average Bonchev–Trinajstić information content (AvgIpc) is 2.32. The van der Waals surface area contributed by atoms with Crippen molar-refractivity contribution in [3.05, 3.63) is 29.8 Å². The van der Waals surface area contributed by atoms with Gasteiger partial charge in [-0.3, -0.25) is 13.7 Å². The molecule has 0 atom stereocenters. The number of benzene rings is 2. The van der Waals surface area contributed by atoms with Crippen LogP contribution in [0.3, 0.4) is 0 Å². The molecule has 0 aliphatic heterocycles. The van der Waals surface area contributed by atoms with E-state index in [0.717, 1.165) is 6.07 Å². The third-order valence-electron chi connectivity index (χ3n) is 2.97. The van der Waals surface area contributed by atoms with Crippen molar-refractivity contribution >= 4 is 41.1 Å². The molecule has 0 saturated carbocycles. The van der Waals surface area contributed by atoms with E-state index in [4.69, 9.17) is 4.55 Å². The van der Waals surface area contributed by atoms with Crippen LogP contribution in [0.1, 0.15) is 5.56 Å². The predicted molar refractivity (Wildman–Crippen MR) is 78.1 cm³/mol. The summed E-state index contributed by atoms with van der Waals surface area (Å²) >= 11 is 0. The first kappa shape index (κ1) is 17.8. The van der Waals surface area contributed by atoms with Crippen LogP contribution in [0.2, 0.25) is 0 Å². The van der Waals surface area contributed by atoms with Crippen molar-refractivity contribution in [1.82, 2.24) is 0 Å². The van der Waals surface area contributed by atoms with Crippen molar-refractivity contribution in [3.63, 3.8) is 0 Å². The highest BCUT2D eigenvalue weighted by molar-refractivity contribution is 7.87. The van der Waals surface area contributed by atoms with Crippen LogP contribution in [-0.2, 0) is 30.4 Å². The van der Waals surface area contributed by atoms with Gasteiger partial charge in [0.25, 0.3) is 30.4 Å². The molecule has 0 unspecified atom stereocenters. The zero-order valence-corrected chi connectivity index (χ0v) is 13.8. The molecule has 0 spiro atoms. The summed E-state index contributed by atoms with van der Waals surface area (Å²) in [4.78, 5) is -2.63. The van der Waals surface area contributed by atoms with Gasteiger partial charge in [0.1, 0.15) is 9.79 Å². The minimum atomic E-state index is -4.94. The zero-order valence-electron chi connectivity index (χ0n) is 11.3. The number of rotatable bonds is 3. The van der Waals surface area contributed by atoms with Gasteiger partial charge in [-0.25, -0.2) is 0 Å². The molecule has 9 nitrogen and oxygen atoms in total. The van der Waals surface area contributed by atoms with Crippen LogP contribution in [0.4, 0.5) is 0 Å². The third-order valence-corrected chi connectivity index (χ3v) is 5.58. The minimum Gasteiger partial charge on any atom is -0.282 e. The second kappa shape index (κ2) is 5.22. The fourth-order valence-electron chi connectivity index (χ4n) is 2.08. The first-order chi connectivity index (χ1) is 10.2. The Bertz CT molecular complexity index is 1130. The molecule has 0 radical (unpaired) electrons. The Morgan fingerprint density at radius 2 is 1.09 bits per heavy atom. The standard InChI is InChI=1S/C11H10O9S3/c1-6-2-8-9(10(3-6)22(15,16)17)4-7(21(12,13)14)5-11(8)23(18,19)20/h2-5H,1H3,(H,12,13,14)(H,15,16,17)(H,18,19,20). The maximum absolute atomic E-state index is 11.5. The lowest BCUT2D eigenvalue weighted by atomic mass is 10.1. The molecule has 2 aromatic carbocycles. The van der Waals surface area contributed by atoms with E-state index in [1.807, 2.05) is 0 Å². The van der Waals surface area contributed by atoms with E-state index in [1.165, 1.54) is 13.0 Å². The van der Waals surface area contributed by atoms with E-state index in [-0.39, 0.29) is 10.9 Å². The molecule has 3 N–H and O–H groups in total. The predicted octanol–water partition coefficient (Wildman–Crippen LogP) is 0.888. The maximum atomic E-state index is 11.5. The highest BCUT2D eigenvalue weighted by Crippen LogP contribution is 2.32. The van der Waals surface area contributed by atoms with Gasteiger partial charge in [-0.1, -0.05) is 0 Å². The molecule has 0 aliphatic rings. The van der Waals surface area contributed by atoms with Crippen molar-refractivity contribution in [1.29, 1.82) is 0 Å². The lowest BCUT2D eigenvalue weighted by molar-refractivity contribution is 0.478. The van der Waals surface area contributed by atoms with E-state index >= 15 is 0 Å². The summed E-state index contributed by atoms with van der Waals surface area (Å²) in [6.07, 6.45) is 0. The second-order valence-corrected chi connectivity index (χ2v) is 8.91. The highest BCUT2D eigenvalue weighted by Gasteiger charge is 2.24. The molecule has 12 heteroatoms. The van der Waals surface area contributed by atoms with Gasteiger partial charge in [-0.15, -0.1) is 0 Å². The molecule has 0 aliphatic carbocycles. The van der Waals surface area contributed by atoms with Gasteiger partial charge in [0.05, 0.1) is 4.90 Å². The molecule has 0 bridgehead atoms. The molecule has 2 rings (SSSR count). The van der Waals surface area contributed by atoms with Crippen molar-refractivity contribution < 1.29 is 38.9 Å². The molecule has 23 heavy (non-hydrogen) atoms. The summed E-state index contributed by atoms with van der Waals surface area (Å²) in [6, 6.07) is 3.34. The number of aryl methyl sites for hydroxylation is 1. The Morgan fingerprint density at radius 1 is 0.652 bits per heavy atom. The molecule has 2 aromatic rings. The molecular weight excluding hydrogens is 372 g/mol. The van der Waals surface area contributed by atoms with E-state index in [2.05, 4.69) is 0 Å². The van der Waals surface area contributed by atoms with Crippen LogP contribution in [0.15, 0.2) is 39.0 Å².